The van der Waals surface area contributed by atoms with Gasteiger partial charge in [0.05, 0.1) is 5.56 Å². The maximum Gasteiger partial charge on any atom is 0.254 e. The molecule has 2 aromatic rings. The molecule has 5 heteroatoms. The summed E-state index contributed by atoms with van der Waals surface area (Å²) >= 11 is 0. The number of nitrogens with one attached hydrogen (secondary N) is 2. The molecule has 1 aromatic carbocycles. The number of aryl methyl sites for hydroxylation is 2. The predicted molar refractivity (Wildman–Crippen MR) is 100 cm³/mol. The maximum atomic E-state index is 12.3. The monoisotopic (exact) mass is 338 g/mol. The first kappa shape index (κ1) is 17.4. The minimum atomic E-state index is -0.0800. The molecule has 1 saturated carbocycles. The van der Waals surface area contributed by atoms with Crippen LogP contribution in [0.1, 0.15) is 60.5 Å². The van der Waals surface area contributed by atoms with Crippen LogP contribution >= 0.6 is 0 Å². The molecular weight excluding hydrogens is 312 g/mol. The number of aromatic nitrogens is 2. The van der Waals surface area contributed by atoms with Gasteiger partial charge in [-0.3, -0.25) is 4.79 Å². The van der Waals surface area contributed by atoms with Gasteiger partial charge in [-0.15, -0.1) is 0 Å². The topological polar surface area (TPSA) is 66.9 Å². The highest BCUT2D eigenvalue weighted by molar-refractivity contribution is 5.93. The lowest BCUT2D eigenvalue weighted by Crippen LogP contribution is -2.36. The first-order chi connectivity index (χ1) is 12.2. The molecule has 1 heterocycles. The van der Waals surface area contributed by atoms with Crippen LogP contribution < -0.4 is 10.6 Å². The molecule has 1 amide bonds. The van der Waals surface area contributed by atoms with Gasteiger partial charge < -0.3 is 10.6 Å². The van der Waals surface area contributed by atoms with Crippen LogP contribution in [0, 0.1) is 6.92 Å². The van der Waals surface area contributed by atoms with E-state index in [2.05, 4.69) is 52.6 Å². The van der Waals surface area contributed by atoms with Crippen molar-refractivity contribution in [2.45, 2.75) is 58.4 Å². The van der Waals surface area contributed by atoms with Crippen LogP contribution in [0.2, 0.25) is 0 Å². The van der Waals surface area contributed by atoms with Gasteiger partial charge in [-0.05, 0) is 37.3 Å². The summed E-state index contributed by atoms with van der Waals surface area (Å²) in [5, 5.41) is 6.38. The Labute approximate surface area is 149 Å². The van der Waals surface area contributed by atoms with E-state index in [1.165, 1.54) is 24.8 Å². The number of hydrogen-bond acceptors (Lipinski definition) is 4. The molecule has 5 nitrogen and oxygen atoms in total. The van der Waals surface area contributed by atoms with Gasteiger partial charge in [0.1, 0.15) is 0 Å². The third-order valence-electron chi connectivity index (χ3n) is 4.83. The Bertz CT molecular complexity index is 721. The van der Waals surface area contributed by atoms with Gasteiger partial charge in [0, 0.05) is 24.1 Å². The van der Waals surface area contributed by atoms with Gasteiger partial charge in [0.25, 0.3) is 5.91 Å². The highest BCUT2D eigenvalue weighted by Gasteiger charge is 2.17. The second kappa shape index (κ2) is 8.10. The minimum absolute atomic E-state index is 0.0800. The zero-order valence-corrected chi connectivity index (χ0v) is 15.0. The number of amides is 1. The number of benzene rings is 1. The third kappa shape index (κ3) is 4.35. The van der Waals surface area contributed by atoms with E-state index in [1.807, 2.05) is 0 Å². The first-order valence-electron chi connectivity index (χ1n) is 9.15. The van der Waals surface area contributed by atoms with Crippen molar-refractivity contribution in [1.29, 1.82) is 0 Å². The van der Waals surface area contributed by atoms with Gasteiger partial charge in [-0.1, -0.05) is 44.4 Å². The van der Waals surface area contributed by atoms with E-state index in [9.17, 15) is 4.79 Å². The smallest absolute Gasteiger partial charge is 0.254 e. The van der Waals surface area contributed by atoms with Crippen molar-refractivity contribution in [2.75, 3.05) is 5.32 Å². The van der Waals surface area contributed by atoms with Crippen LogP contribution in [0.15, 0.2) is 30.6 Å². The summed E-state index contributed by atoms with van der Waals surface area (Å²) in [7, 11) is 0. The van der Waals surface area contributed by atoms with Crippen molar-refractivity contribution >= 4 is 17.5 Å². The fourth-order valence-corrected chi connectivity index (χ4v) is 3.34. The van der Waals surface area contributed by atoms with E-state index in [-0.39, 0.29) is 11.9 Å². The van der Waals surface area contributed by atoms with Gasteiger partial charge >= 0.3 is 0 Å². The molecule has 2 N–H and O–H groups in total. The molecule has 3 rings (SSSR count). The molecule has 25 heavy (non-hydrogen) atoms. The number of anilines is 2. The normalized spacial score (nSPS) is 15.0. The van der Waals surface area contributed by atoms with Crippen molar-refractivity contribution in [1.82, 2.24) is 15.3 Å². The quantitative estimate of drug-likeness (QED) is 0.859. The summed E-state index contributed by atoms with van der Waals surface area (Å²) < 4.78 is 0. The highest BCUT2D eigenvalue weighted by Crippen LogP contribution is 2.23. The molecule has 0 atom stereocenters. The summed E-state index contributed by atoms with van der Waals surface area (Å²) in [5.41, 5.74) is 3.94. The third-order valence-corrected chi connectivity index (χ3v) is 4.83. The van der Waals surface area contributed by atoms with Crippen molar-refractivity contribution in [3.05, 3.63) is 47.3 Å². The second-order valence-corrected chi connectivity index (χ2v) is 6.69. The standard InChI is InChI=1S/C20H26N4O/c1-3-15-9-7-8-14(2)18(15)24-20-21-12-16(13-22-20)19(25)23-17-10-5-4-6-11-17/h7-9,12-13,17H,3-6,10-11H2,1-2H3,(H,23,25)(H,21,22,24). The number of carbonyl (C=O) groups excluding carboxylic acids is 1. The van der Waals surface area contributed by atoms with E-state index < -0.39 is 0 Å². The molecule has 1 aliphatic rings. The van der Waals surface area contributed by atoms with E-state index >= 15 is 0 Å². The van der Waals surface area contributed by atoms with Crippen molar-refractivity contribution in [2.24, 2.45) is 0 Å². The van der Waals surface area contributed by atoms with E-state index in [0.29, 0.717) is 11.5 Å². The molecule has 0 saturated heterocycles. The zero-order valence-electron chi connectivity index (χ0n) is 15.0. The minimum Gasteiger partial charge on any atom is -0.349 e. The number of rotatable bonds is 5. The van der Waals surface area contributed by atoms with Crippen LogP contribution in [0.25, 0.3) is 0 Å². The molecule has 0 spiro atoms. The predicted octanol–water partition coefficient (Wildman–Crippen LogP) is 4.15. The van der Waals surface area contributed by atoms with Crippen LogP contribution in [0.3, 0.4) is 0 Å². The van der Waals surface area contributed by atoms with E-state index in [0.717, 1.165) is 30.5 Å². The maximum absolute atomic E-state index is 12.3. The van der Waals surface area contributed by atoms with Crippen molar-refractivity contribution in [3.63, 3.8) is 0 Å². The Morgan fingerprint density at radius 2 is 1.88 bits per heavy atom. The number of carbonyl (C=O) groups is 1. The summed E-state index contributed by atoms with van der Waals surface area (Å²) in [4.78, 5) is 21.0. The lowest BCUT2D eigenvalue weighted by Gasteiger charge is -2.22. The fourth-order valence-electron chi connectivity index (χ4n) is 3.34. The lowest BCUT2D eigenvalue weighted by molar-refractivity contribution is 0.0927. The second-order valence-electron chi connectivity index (χ2n) is 6.69. The molecular formula is C20H26N4O. The fraction of sp³-hybridized carbons (Fsp3) is 0.450. The Kier molecular flexibility index (Phi) is 5.64. The van der Waals surface area contributed by atoms with Crippen LogP contribution in [-0.4, -0.2) is 21.9 Å². The van der Waals surface area contributed by atoms with Crippen LogP contribution in [-0.2, 0) is 6.42 Å². The highest BCUT2D eigenvalue weighted by atomic mass is 16.1. The SMILES string of the molecule is CCc1cccc(C)c1Nc1ncc(C(=O)NC2CCCCC2)cn1. The summed E-state index contributed by atoms with van der Waals surface area (Å²) in [6, 6.07) is 6.51. The molecule has 1 fully saturated rings. The average Bonchev–Trinajstić information content (AvgIpc) is 2.64. The van der Waals surface area contributed by atoms with Gasteiger partial charge in [-0.25, -0.2) is 9.97 Å². The zero-order chi connectivity index (χ0) is 17.6. The van der Waals surface area contributed by atoms with Crippen LogP contribution in [0.4, 0.5) is 11.6 Å². The van der Waals surface area contributed by atoms with Gasteiger partial charge in [-0.2, -0.15) is 0 Å². The van der Waals surface area contributed by atoms with Crippen LogP contribution in [0.5, 0.6) is 0 Å². The number of nitrogens with zero attached hydrogens (tertiary/aromatic N) is 2. The summed E-state index contributed by atoms with van der Waals surface area (Å²) in [6.45, 7) is 4.19. The Morgan fingerprint density at radius 1 is 1.16 bits per heavy atom. The first-order valence-corrected chi connectivity index (χ1v) is 9.15. The van der Waals surface area contributed by atoms with Crippen molar-refractivity contribution in [3.8, 4) is 0 Å². The molecule has 0 radical (unpaired) electrons. The molecule has 0 unspecified atom stereocenters. The Hall–Kier alpha value is -2.43. The molecule has 1 aliphatic carbocycles. The summed E-state index contributed by atoms with van der Waals surface area (Å²) in [5.74, 6) is 0.432. The number of para-hydroxylation sites is 1. The Balaban J connectivity index is 1.67. The molecule has 0 bridgehead atoms. The molecule has 132 valence electrons. The Morgan fingerprint density at radius 3 is 2.56 bits per heavy atom. The van der Waals surface area contributed by atoms with Gasteiger partial charge in [0.15, 0.2) is 0 Å². The van der Waals surface area contributed by atoms with E-state index in [1.54, 1.807) is 12.4 Å². The summed E-state index contributed by atoms with van der Waals surface area (Å²) in [6.07, 6.45) is 9.93. The average molecular weight is 338 g/mol. The van der Waals surface area contributed by atoms with Gasteiger partial charge in [0.2, 0.25) is 5.95 Å². The largest absolute Gasteiger partial charge is 0.349 e. The molecule has 1 aromatic heterocycles. The lowest BCUT2D eigenvalue weighted by atomic mass is 9.95. The van der Waals surface area contributed by atoms with Crippen molar-refractivity contribution < 1.29 is 4.79 Å². The molecule has 0 aliphatic heterocycles. The van der Waals surface area contributed by atoms with E-state index in [4.69, 9.17) is 0 Å². The number of hydrogen-bond donors (Lipinski definition) is 2.